The van der Waals surface area contributed by atoms with Gasteiger partial charge in [-0.15, -0.1) is 0 Å². The van der Waals surface area contributed by atoms with Crippen molar-refractivity contribution in [2.24, 2.45) is 39.4 Å². The highest BCUT2D eigenvalue weighted by molar-refractivity contribution is 6.30. The lowest BCUT2D eigenvalue weighted by molar-refractivity contribution is -0.142. The molecule has 1 saturated heterocycles. The van der Waals surface area contributed by atoms with Crippen molar-refractivity contribution in [1.82, 2.24) is 47.4 Å². The van der Waals surface area contributed by atoms with Gasteiger partial charge in [-0.25, -0.2) is 4.79 Å². The van der Waals surface area contributed by atoms with E-state index in [1.807, 2.05) is 0 Å². The largest absolute Gasteiger partial charge is 0.477 e. The number of nitrogens with two attached hydrogens (primary N) is 6. The van der Waals surface area contributed by atoms with Gasteiger partial charge in [0.1, 0.15) is 41.9 Å². The van der Waals surface area contributed by atoms with Crippen LogP contribution in [0.25, 0.3) is 0 Å². The van der Waals surface area contributed by atoms with E-state index in [0.29, 0.717) is 42.7 Å². The molecule has 1 heterocycles. The van der Waals surface area contributed by atoms with Gasteiger partial charge in [0, 0.05) is 31.1 Å². The Morgan fingerprint density at radius 1 is 0.800 bits per heavy atom. The van der Waals surface area contributed by atoms with Crippen molar-refractivity contribution in [3.8, 4) is 0 Å². The lowest BCUT2D eigenvalue weighted by Gasteiger charge is -2.30. The summed E-state index contributed by atoms with van der Waals surface area (Å²) in [4.78, 5) is 126. The molecule has 0 aliphatic carbocycles. The molecule has 0 unspecified atom stereocenters. The number of carboxylic acids is 1. The minimum absolute atomic E-state index is 0.0405. The number of likely N-dealkylation sites (tertiary alicyclic amines) is 1. The number of aliphatic hydroxyl groups excluding tert-OH is 1. The van der Waals surface area contributed by atoms with E-state index in [2.05, 4.69) is 47.5 Å². The number of guanidine groups is 1. The van der Waals surface area contributed by atoms with Crippen LogP contribution in [0.15, 0.2) is 41.0 Å². The predicted molar refractivity (Wildman–Crippen MR) is 279 cm³/mol. The molecule has 0 radical (unpaired) electrons. The molecule has 28 heteroatoms. The highest BCUT2D eigenvalue weighted by Gasteiger charge is 2.39. The second kappa shape index (κ2) is 34.9. The smallest absolute Gasteiger partial charge is 0.352 e. The van der Waals surface area contributed by atoms with Crippen molar-refractivity contribution in [2.45, 2.75) is 132 Å². The first-order valence-corrected chi connectivity index (χ1v) is 25.4. The molecule has 8 amide bonds. The van der Waals surface area contributed by atoms with Gasteiger partial charge in [0.2, 0.25) is 47.3 Å². The summed E-state index contributed by atoms with van der Waals surface area (Å²) in [6, 6.07) is -2.31. The number of carbonyl (C=O) groups excluding carboxylic acids is 8. The highest BCUT2D eigenvalue weighted by atomic mass is 35.5. The van der Waals surface area contributed by atoms with Crippen LogP contribution in [0.3, 0.4) is 0 Å². The molecule has 1 aliphatic rings. The fraction of sp³-hybridized carbons (Fsp3) is 0.617. The highest BCUT2D eigenvalue weighted by Crippen LogP contribution is 2.21. The third-order valence-corrected chi connectivity index (χ3v) is 12.2. The van der Waals surface area contributed by atoms with E-state index in [-0.39, 0.29) is 70.7 Å². The van der Waals surface area contributed by atoms with Gasteiger partial charge in [-0.2, -0.15) is 0 Å². The van der Waals surface area contributed by atoms with E-state index in [1.54, 1.807) is 31.3 Å². The number of aliphatic hydroxyl groups is 1. The van der Waals surface area contributed by atoms with Crippen LogP contribution in [0.5, 0.6) is 0 Å². The number of benzene rings is 1. The first kappa shape index (κ1) is 64.6. The van der Waals surface area contributed by atoms with E-state index in [9.17, 15) is 53.4 Å². The quantitative estimate of drug-likeness (QED) is 0.0131. The summed E-state index contributed by atoms with van der Waals surface area (Å²) in [7, 11) is 1.79. The summed E-state index contributed by atoms with van der Waals surface area (Å²) in [5.74, 6) is -7.94. The number of nitrogens with one attached hydrogen (secondary N) is 8. The molecule has 420 valence electrons. The maximum absolute atomic E-state index is 14.2. The molecule has 27 nitrogen and oxygen atoms in total. The minimum atomic E-state index is -1.55. The summed E-state index contributed by atoms with van der Waals surface area (Å²) in [5.41, 5.74) is 33.8. The van der Waals surface area contributed by atoms with Gasteiger partial charge in [-0.3, -0.25) is 43.3 Å². The normalized spacial score (nSPS) is 16.1. The van der Waals surface area contributed by atoms with Crippen LogP contribution in [-0.2, 0) is 49.6 Å². The van der Waals surface area contributed by atoms with E-state index in [1.165, 1.54) is 17.9 Å². The van der Waals surface area contributed by atoms with Crippen molar-refractivity contribution in [2.75, 3.05) is 52.9 Å². The molecule has 1 aromatic carbocycles. The Morgan fingerprint density at radius 3 is 2.09 bits per heavy atom. The average Bonchev–Trinajstić information content (AvgIpc) is 3.88. The van der Waals surface area contributed by atoms with Crippen LogP contribution in [0.4, 0.5) is 0 Å². The van der Waals surface area contributed by atoms with Crippen molar-refractivity contribution in [3.05, 3.63) is 46.6 Å². The molecule has 0 spiro atoms. The van der Waals surface area contributed by atoms with E-state index in [4.69, 9.17) is 46.0 Å². The van der Waals surface area contributed by atoms with Crippen LogP contribution in [-0.4, -0.2) is 176 Å². The fourth-order valence-electron chi connectivity index (χ4n) is 7.73. The van der Waals surface area contributed by atoms with Crippen molar-refractivity contribution in [3.63, 3.8) is 0 Å². The molecule has 1 aromatic rings. The topological polar surface area (TPSA) is 462 Å². The molecule has 8 atom stereocenters. The van der Waals surface area contributed by atoms with E-state index in [0.717, 1.165) is 13.0 Å². The van der Waals surface area contributed by atoms with Crippen molar-refractivity contribution >= 4 is 70.8 Å². The van der Waals surface area contributed by atoms with Gasteiger partial charge >= 0.3 is 5.97 Å². The summed E-state index contributed by atoms with van der Waals surface area (Å²) in [6.07, 6.45) is 3.10. The minimum Gasteiger partial charge on any atom is -0.477 e. The summed E-state index contributed by atoms with van der Waals surface area (Å²) >= 11 is 6.12. The zero-order chi connectivity index (χ0) is 56.0. The van der Waals surface area contributed by atoms with Gasteiger partial charge in [0.15, 0.2) is 5.96 Å². The molecular weight excluding hydrogens is 1000 g/mol. The summed E-state index contributed by atoms with van der Waals surface area (Å²) < 4.78 is 0. The first-order valence-electron chi connectivity index (χ1n) is 25.0. The Bertz CT molecular complexity index is 2110. The lowest BCUT2D eigenvalue weighted by atomic mass is 10.0. The Labute approximate surface area is 441 Å². The Kier molecular flexibility index (Phi) is 30.1. The second-order valence-corrected chi connectivity index (χ2v) is 18.4. The number of aliphatic imine (C=N–C) groups is 1. The van der Waals surface area contributed by atoms with Gasteiger partial charge in [0.25, 0.3) is 0 Å². The number of halogens is 1. The second-order valence-electron chi connectivity index (χ2n) is 17.9. The van der Waals surface area contributed by atoms with Crippen LogP contribution in [0.1, 0.15) is 83.1 Å². The number of unbranched alkanes of at least 4 members (excludes halogenated alkanes) is 2. The molecule has 1 aliphatic heterocycles. The van der Waals surface area contributed by atoms with Crippen molar-refractivity contribution < 1.29 is 53.4 Å². The molecular formula is C47H79ClN16O11. The monoisotopic (exact) mass is 1080 g/mol. The number of carbonyl (C=O) groups is 9. The molecule has 0 bridgehead atoms. The maximum Gasteiger partial charge on any atom is 0.352 e. The SMILES string of the molecule is CNCCCC[C@H](N)C(=O)N[C@H](C(=O)N[C@@H](C)C(=O)NCC(=O)N[C@H](CCCN)C(=O)N1CCC[C@H]1C(=O)N[C@@H](Cc1ccc(Cl)cc1)C(=O)N[C@@H](CCCCN)C(=O)N/C(=C\CCN=C(N)N)C(=O)O)[C@@H](O)CN. The molecule has 0 aromatic heterocycles. The van der Waals surface area contributed by atoms with Crippen LogP contribution >= 0.6 is 11.6 Å². The molecule has 1 fully saturated rings. The number of aliphatic carboxylic acids is 1. The summed E-state index contributed by atoms with van der Waals surface area (Å²) in [6.45, 7) is 1.52. The zero-order valence-corrected chi connectivity index (χ0v) is 43.5. The average molecular weight is 1080 g/mol. The summed E-state index contributed by atoms with van der Waals surface area (Å²) in [5, 5.41) is 41.2. The standard InChI is InChI=1S/C47H79ClN16O11/c1-27(58-44(72)38(36(65)25-51)63-40(68)30(52)10-4-6-21-55-2)39(67)57-26-37(66)59-32(12-7-20-50)45(73)64-23-9-14-35(64)43(71)62-34(24-28-15-17-29(48)18-16-28)42(70)60-31(11-3-5-19-49)41(69)61-33(46(74)75)13-8-22-56-47(53)54/h13,15-18,27,30-32,34-36,38,55,65H,3-12,14,19-26,49-52H2,1-2H3,(H,57,67)(H,58,72)(H,59,66)(H,60,70)(H,61,69)(H,62,71)(H,63,68)(H,74,75)(H4,53,54,56)/b33-13-/t27-,30-,31-,32+,34-,35-,36-,38-/m0/s1. The van der Waals surface area contributed by atoms with Crippen LogP contribution in [0.2, 0.25) is 5.02 Å². The number of nitrogens with zero attached hydrogens (tertiary/aromatic N) is 2. The van der Waals surface area contributed by atoms with Gasteiger partial charge in [-0.1, -0.05) is 36.2 Å². The van der Waals surface area contributed by atoms with Gasteiger partial charge < -0.3 is 92.0 Å². The van der Waals surface area contributed by atoms with Crippen molar-refractivity contribution in [1.29, 1.82) is 0 Å². The number of rotatable bonds is 35. The van der Waals surface area contributed by atoms with E-state index < -0.39 is 120 Å². The molecule has 0 saturated carbocycles. The first-order chi connectivity index (χ1) is 35.7. The van der Waals surface area contributed by atoms with E-state index >= 15 is 0 Å². The Morgan fingerprint density at radius 2 is 1.47 bits per heavy atom. The van der Waals surface area contributed by atoms with Gasteiger partial charge in [-0.05, 0) is 116 Å². The maximum atomic E-state index is 14.2. The van der Waals surface area contributed by atoms with Crippen LogP contribution in [0, 0.1) is 0 Å². The number of carboxylic acid groups (broad SMARTS) is 1. The molecule has 2 rings (SSSR count). The van der Waals surface area contributed by atoms with Gasteiger partial charge in [0.05, 0.1) is 18.7 Å². The number of amides is 8. The predicted octanol–water partition coefficient (Wildman–Crippen LogP) is -4.91. The van der Waals surface area contributed by atoms with Crippen LogP contribution < -0.4 is 76.9 Å². The zero-order valence-electron chi connectivity index (χ0n) is 42.7. The number of hydrogen-bond acceptors (Lipinski definition) is 16. The Hall–Kier alpha value is -6.49. The molecule has 22 N–H and O–H groups in total. The lowest BCUT2D eigenvalue weighted by Crippen LogP contribution is -2.60. The third-order valence-electron chi connectivity index (χ3n) is 11.9. The third kappa shape index (κ3) is 23.7. The fourth-order valence-corrected chi connectivity index (χ4v) is 7.85. The molecule has 75 heavy (non-hydrogen) atoms. The Balaban J connectivity index is 2.24. The number of hydrogen-bond donors (Lipinski definition) is 16.